The van der Waals surface area contributed by atoms with Gasteiger partial charge in [-0.05, 0) is 44.4 Å². The fraction of sp³-hybridized carbons (Fsp3) is 0.261. The largest absolute Gasteiger partial charge is 0.489 e. The van der Waals surface area contributed by atoms with Crippen molar-refractivity contribution in [1.82, 2.24) is 9.97 Å². The van der Waals surface area contributed by atoms with Gasteiger partial charge in [0.1, 0.15) is 5.75 Å². The second-order valence-electron chi connectivity index (χ2n) is 6.93. The van der Waals surface area contributed by atoms with Gasteiger partial charge in [0.05, 0.1) is 17.4 Å². The number of anilines is 2. The van der Waals surface area contributed by atoms with Gasteiger partial charge in [-0.3, -0.25) is 4.79 Å². The Morgan fingerprint density at radius 1 is 1.00 bits per heavy atom. The highest BCUT2D eigenvalue weighted by atomic mass is 16.5. The van der Waals surface area contributed by atoms with Crippen molar-refractivity contribution in [3.05, 3.63) is 78.1 Å². The molecule has 6 heteroatoms. The van der Waals surface area contributed by atoms with Gasteiger partial charge in [0.15, 0.2) is 0 Å². The Labute approximate surface area is 171 Å². The molecule has 3 rings (SSSR count). The van der Waals surface area contributed by atoms with E-state index in [1.165, 1.54) is 18.0 Å². The predicted molar refractivity (Wildman–Crippen MR) is 115 cm³/mol. The summed E-state index contributed by atoms with van der Waals surface area (Å²) in [6.45, 7) is 4.65. The van der Waals surface area contributed by atoms with Crippen molar-refractivity contribution in [3.8, 4) is 5.75 Å². The predicted octanol–water partition coefficient (Wildman–Crippen LogP) is 4.56. The van der Waals surface area contributed by atoms with Crippen LogP contribution in [0.15, 0.2) is 67.0 Å². The molecule has 0 unspecified atom stereocenters. The molecule has 0 aliphatic heterocycles. The number of hydrogen-bond acceptors (Lipinski definition) is 5. The fourth-order valence-corrected chi connectivity index (χ4v) is 2.80. The first-order chi connectivity index (χ1) is 14.1. The van der Waals surface area contributed by atoms with E-state index in [4.69, 9.17) is 4.74 Å². The molecule has 29 heavy (non-hydrogen) atoms. The normalized spacial score (nSPS) is 10.6. The average molecular weight is 390 g/mol. The third-order valence-corrected chi connectivity index (χ3v) is 4.18. The zero-order valence-electron chi connectivity index (χ0n) is 16.8. The summed E-state index contributed by atoms with van der Waals surface area (Å²) in [7, 11) is 0. The Morgan fingerprint density at radius 3 is 2.41 bits per heavy atom. The van der Waals surface area contributed by atoms with Crippen molar-refractivity contribution in [1.29, 1.82) is 0 Å². The number of amides is 1. The van der Waals surface area contributed by atoms with Gasteiger partial charge in [-0.15, -0.1) is 0 Å². The number of nitrogens with one attached hydrogen (secondary N) is 2. The molecule has 3 aromatic rings. The maximum atomic E-state index is 12.5. The highest BCUT2D eigenvalue weighted by Gasteiger charge is 2.11. The molecule has 0 radical (unpaired) electrons. The molecule has 0 fully saturated rings. The second-order valence-corrected chi connectivity index (χ2v) is 6.93. The van der Waals surface area contributed by atoms with Crippen molar-refractivity contribution in [2.24, 2.45) is 0 Å². The molecule has 1 aromatic heterocycles. The maximum absolute atomic E-state index is 12.5. The van der Waals surface area contributed by atoms with E-state index in [2.05, 4.69) is 32.7 Å². The van der Waals surface area contributed by atoms with Crippen LogP contribution < -0.4 is 15.4 Å². The summed E-state index contributed by atoms with van der Waals surface area (Å²) in [5.41, 5.74) is 2.32. The lowest BCUT2D eigenvalue weighted by atomic mass is 10.1. The van der Waals surface area contributed by atoms with Gasteiger partial charge >= 0.3 is 0 Å². The summed E-state index contributed by atoms with van der Waals surface area (Å²) < 4.78 is 5.73. The zero-order valence-corrected chi connectivity index (χ0v) is 16.8. The van der Waals surface area contributed by atoms with Crippen LogP contribution in [0, 0.1) is 0 Å². The van der Waals surface area contributed by atoms with Gasteiger partial charge in [-0.2, -0.15) is 0 Å². The zero-order chi connectivity index (χ0) is 20.5. The van der Waals surface area contributed by atoms with E-state index in [0.717, 1.165) is 19.4 Å². The molecule has 1 amide bonds. The van der Waals surface area contributed by atoms with Crippen LogP contribution in [0.5, 0.6) is 5.75 Å². The van der Waals surface area contributed by atoms with E-state index in [9.17, 15) is 4.79 Å². The standard InChI is InChI=1S/C23H26N4O2/c1-17(2)29-21-13-7-6-12-20(21)27-22(28)19-15-25-23(26-16-19)24-14-8-11-18-9-4-3-5-10-18/h3-7,9-10,12-13,15-17H,8,11,14H2,1-2H3,(H,27,28)(H,24,25,26). The molecule has 0 bridgehead atoms. The van der Waals surface area contributed by atoms with Gasteiger partial charge < -0.3 is 15.4 Å². The number of carbonyl (C=O) groups is 1. The molecule has 0 saturated carbocycles. The molecule has 2 N–H and O–H groups in total. The third-order valence-electron chi connectivity index (χ3n) is 4.18. The number of ether oxygens (including phenoxy) is 1. The molecule has 0 spiro atoms. The summed E-state index contributed by atoms with van der Waals surface area (Å²) in [6.07, 6.45) is 5.03. The van der Waals surface area contributed by atoms with E-state index < -0.39 is 0 Å². The van der Waals surface area contributed by atoms with Crippen LogP contribution in [0.2, 0.25) is 0 Å². The van der Waals surface area contributed by atoms with E-state index >= 15 is 0 Å². The lowest BCUT2D eigenvalue weighted by molar-refractivity contribution is 0.102. The topological polar surface area (TPSA) is 76.1 Å². The first kappa shape index (κ1) is 20.3. The smallest absolute Gasteiger partial charge is 0.258 e. The van der Waals surface area contributed by atoms with Crippen LogP contribution in [-0.4, -0.2) is 28.5 Å². The number of aryl methyl sites for hydroxylation is 1. The number of carbonyl (C=O) groups excluding carboxylic acids is 1. The van der Waals surface area contributed by atoms with Gasteiger partial charge in [-0.25, -0.2) is 9.97 Å². The van der Waals surface area contributed by atoms with E-state index in [-0.39, 0.29) is 12.0 Å². The average Bonchev–Trinajstić information content (AvgIpc) is 2.73. The number of benzene rings is 2. The molecular formula is C23H26N4O2. The molecule has 150 valence electrons. The monoisotopic (exact) mass is 390 g/mol. The van der Waals surface area contributed by atoms with Crippen molar-refractivity contribution in [3.63, 3.8) is 0 Å². The summed E-state index contributed by atoms with van der Waals surface area (Å²) in [6, 6.07) is 17.7. The quantitative estimate of drug-likeness (QED) is 0.524. The molecule has 0 atom stereocenters. The number of aromatic nitrogens is 2. The van der Waals surface area contributed by atoms with Crippen LogP contribution in [0.1, 0.15) is 36.2 Å². The van der Waals surface area contributed by atoms with E-state index in [1.54, 1.807) is 6.07 Å². The Bertz CT molecular complexity index is 912. The first-order valence-electron chi connectivity index (χ1n) is 9.78. The van der Waals surface area contributed by atoms with Gasteiger partial charge in [0, 0.05) is 18.9 Å². The Kier molecular flexibility index (Phi) is 7.16. The number of para-hydroxylation sites is 2. The molecule has 2 aromatic carbocycles. The number of hydrogen-bond donors (Lipinski definition) is 2. The minimum absolute atomic E-state index is 0.0173. The molecule has 0 aliphatic rings. The Balaban J connectivity index is 1.51. The summed E-state index contributed by atoms with van der Waals surface area (Å²) >= 11 is 0. The fourth-order valence-electron chi connectivity index (χ4n) is 2.80. The van der Waals surface area contributed by atoms with Gasteiger partial charge in [0.25, 0.3) is 5.91 Å². The van der Waals surface area contributed by atoms with Crippen LogP contribution in [-0.2, 0) is 6.42 Å². The summed E-state index contributed by atoms with van der Waals surface area (Å²) in [5.74, 6) is 0.868. The minimum Gasteiger partial charge on any atom is -0.489 e. The lowest BCUT2D eigenvalue weighted by Gasteiger charge is -2.14. The van der Waals surface area contributed by atoms with Crippen LogP contribution >= 0.6 is 0 Å². The van der Waals surface area contributed by atoms with Gasteiger partial charge in [-0.1, -0.05) is 42.5 Å². The van der Waals surface area contributed by atoms with Gasteiger partial charge in [0.2, 0.25) is 5.95 Å². The van der Waals surface area contributed by atoms with Crippen LogP contribution in [0.25, 0.3) is 0 Å². The molecule has 1 heterocycles. The van der Waals surface area contributed by atoms with E-state index in [1.807, 2.05) is 50.2 Å². The lowest BCUT2D eigenvalue weighted by Crippen LogP contribution is -2.15. The van der Waals surface area contributed by atoms with Crippen molar-refractivity contribution >= 4 is 17.5 Å². The SMILES string of the molecule is CC(C)Oc1ccccc1NC(=O)c1cnc(NCCCc2ccccc2)nc1. The van der Waals surface area contributed by atoms with Crippen molar-refractivity contribution in [2.45, 2.75) is 32.8 Å². The molecule has 0 aliphatic carbocycles. The molecular weight excluding hydrogens is 364 g/mol. The Morgan fingerprint density at radius 2 is 1.69 bits per heavy atom. The second kappa shape index (κ2) is 10.2. The van der Waals surface area contributed by atoms with Crippen LogP contribution in [0.3, 0.4) is 0 Å². The Hall–Kier alpha value is -3.41. The number of rotatable bonds is 9. The van der Waals surface area contributed by atoms with Crippen LogP contribution in [0.4, 0.5) is 11.6 Å². The molecule has 6 nitrogen and oxygen atoms in total. The first-order valence-corrected chi connectivity index (χ1v) is 9.78. The molecule has 0 saturated heterocycles. The highest BCUT2D eigenvalue weighted by molar-refractivity contribution is 6.04. The van der Waals surface area contributed by atoms with Crippen molar-refractivity contribution < 1.29 is 9.53 Å². The van der Waals surface area contributed by atoms with E-state index in [0.29, 0.717) is 22.9 Å². The third kappa shape index (κ3) is 6.31. The van der Waals surface area contributed by atoms with Crippen molar-refractivity contribution in [2.75, 3.05) is 17.2 Å². The summed E-state index contributed by atoms with van der Waals surface area (Å²) in [5, 5.41) is 6.05. The highest BCUT2D eigenvalue weighted by Crippen LogP contribution is 2.25. The minimum atomic E-state index is -0.277. The number of nitrogens with zero attached hydrogens (tertiary/aromatic N) is 2. The maximum Gasteiger partial charge on any atom is 0.258 e. The summed E-state index contributed by atoms with van der Waals surface area (Å²) in [4.78, 5) is 21.0.